The number of hydrogen-bond acceptors (Lipinski definition) is 4. The van der Waals surface area contributed by atoms with Gasteiger partial charge in [-0.05, 0) is 31.5 Å². The molecule has 0 bridgehead atoms. The third-order valence-electron chi connectivity index (χ3n) is 4.08. The lowest BCUT2D eigenvalue weighted by molar-refractivity contribution is -0.0179. The van der Waals surface area contributed by atoms with E-state index in [1.807, 2.05) is 12.1 Å². The predicted octanol–water partition coefficient (Wildman–Crippen LogP) is 2.55. The van der Waals surface area contributed by atoms with Gasteiger partial charge in [0.2, 0.25) is 0 Å². The number of rotatable bonds is 3. The zero-order valence-electron chi connectivity index (χ0n) is 11.5. The summed E-state index contributed by atoms with van der Waals surface area (Å²) in [6, 6.07) is 4.12. The Morgan fingerprint density at radius 2 is 2.25 bits per heavy atom. The van der Waals surface area contributed by atoms with Crippen molar-refractivity contribution < 1.29 is 14.6 Å². The summed E-state index contributed by atoms with van der Waals surface area (Å²) in [7, 11) is 0. The number of nitrogens with zero attached hydrogens (tertiary/aromatic N) is 1. The smallest absolute Gasteiger partial charge is 0.189 e. The average Bonchev–Trinajstić information content (AvgIpc) is 2.47. The van der Waals surface area contributed by atoms with Gasteiger partial charge in [0.15, 0.2) is 6.79 Å². The van der Waals surface area contributed by atoms with Crippen LogP contribution >= 0.6 is 11.6 Å². The van der Waals surface area contributed by atoms with Crippen LogP contribution in [0.25, 0.3) is 0 Å². The molecule has 0 spiro atoms. The van der Waals surface area contributed by atoms with Gasteiger partial charge in [0, 0.05) is 28.7 Å². The molecular weight excluding hydrogens is 278 g/mol. The van der Waals surface area contributed by atoms with Crippen molar-refractivity contribution in [3.63, 3.8) is 0 Å². The first-order chi connectivity index (χ1) is 9.78. The van der Waals surface area contributed by atoms with Gasteiger partial charge in [-0.15, -0.1) is 0 Å². The molecule has 3 rings (SSSR count). The summed E-state index contributed by atoms with van der Waals surface area (Å²) in [4.78, 5) is 2.33. The van der Waals surface area contributed by atoms with Crippen molar-refractivity contribution in [1.82, 2.24) is 4.90 Å². The van der Waals surface area contributed by atoms with Crippen LogP contribution in [-0.2, 0) is 17.9 Å². The van der Waals surface area contributed by atoms with Crippen LogP contribution < -0.4 is 4.74 Å². The number of aliphatic hydroxyl groups is 1. The van der Waals surface area contributed by atoms with Gasteiger partial charge in [-0.3, -0.25) is 4.90 Å². The van der Waals surface area contributed by atoms with E-state index in [-0.39, 0.29) is 12.6 Å². The van der Waals surface area contributed by atoms with Crippen LogP contribution in [0.4, 0.5) is 0 Å². The van der Waals surface area contributed by atoms with E-state index in [2.05, 4.69) is 4.90 Å². The lowest BCUT2D eigenvalue weighted by Crippen LogP contribution is -2.41. The Balaban J connectivity index is 1.84. The third-order valence-corrected chi connectivity index (χ3v) is 4.30. The Bertz CT molecular complexity index is 480. The quantitative estimate of drug-likeness (QED) is 0.931. The molecule has 0 amide bonds. The fraction of sp³-hybridized carbons (Fsp3) is 0.600. The highest BCUT2D eigenvalue weighted by Gasteiger charge is 2.24. The molecule has 0 saturated carbocycles. The maximum Gasteiger partial charge on any atom is 0.189 e. The normalized spacial score (nSPS) is 23.2. The maximum atomic E-state index is 9.51. The van der Waals surface area contributed by atoms with Crippen LogP contribution in [0.2, 0.25) is 5.02 Å². The molecule has 20 heavy (non-hydrogen) atoms. The Morgan fingerprint density at radius 3 is 3.10 bits per heavy atom. The van der Waals surface area contributed by atoms with Crippen LogP contribution in [0.3, 0.4) is 0 Å². The van der Waals surface area contributed by atoms with Gasteiger partial charge < -0.3 is 14.6 Å². The first-order valence-electron chi connectivity index (χ1n) is 7.14. The number of fused-ring (bicyclic) bond motifs is 1. The molecule has 2 aliphatic heterocycles. The van der Waals surface area contributed by atoms with Crippen molar-refractivity contribution in [3.8, 4) is 5.75 Å². The molecule has 4 nitrogen and oxygen atoms in total. The van der Waals surface area contributed by atoms with Gasteiger partial charge >= 0.3 is 0 Å². The first-order valence-corrected chi connectivity index (χ1v) is 7.52. The molecule has 0 aliphatic carbocycles. The van der Waals surface area contributed by atoms with E-state index >= 15 is 0 Å². The summed E-state index contributed by atoms with van der Waals surface area (Å²) in [5, 5.41) is 10.2. The van der Waals surface area contributed by atoms with Crippen molar-refractivity contribution in [2.24, 2.45) is 0 Å². The van der Waals surface area contributed by atoms with Crippen molar-refractivity contribution in [2.45, 2.75) is 38.5 Å². The van der Waals surface area contributed by atoms with Gasteiger partial charge in [-0.1, -0.05) is 18.0 Å². The lowest BCUT2D eigenvalue weighted by atomic mass is 10.0. The highest BCUT2D eigenvalue weighted by Crippen LogP contribution is 2.33. The van der Waals surface area contributed by atoms with Gasteiger partial charge in [0.1, 0.15) is 5.75 Å². The van der Waals surface area contributed by atoms with Crippen LogP contribution in [0.1, 0.15) is 30.4 Å². The number of aliphatic hydroxyl groups excluding tert-OH is 1. The lowest BCUT2D eigenvalue weighted by Gasteiger charge is -2.35. The monoisotopic (exact) mass is 297 g/mol. The van der Waals surface area contributed by atoms with Crippen molar-refractivity contribution in [1.29, 1.82) is 0 Å². The van der Waals surface area contributed by atoms with Crippen LogP contribution in [0, 0.1) is 0 Å². The minimum absolute atomic E-state index is 0.215. The molecular formula is C15H20ClNO3. The van der Waals surface area contributed by atoms with Gasteiger partial charge in [-0.2, -0.15) is 0 Å². The predicted molar refractivity (Wildman–Crippen MR) is 76.9 cm³/mol. The Morgan fingerprint density at radius 1 is 1.35 bits per heavy atom. The molecule has 1 unspecified atom stereocenters. The zero-order valence-corrected chi connectivity index (χ0v) is 12.2. The minimum Gasteiger partial charge on any atom is -0.467 e. The van der Waals surface area contributed by atoms with Gasteiger partial charge in [0.05, 0.1) is 13.2 Å². The van der Waals surface area contributed by atoms with Crippen LogP contribution in [-0.4, -0.2) is 36.0 Å². The molecule has 1 atom stereocenters. The molecule has 5 heteroatoms. The number of benzene rings is 1. The average molecular weight is 298 g/mol. The summed E-state index contributed by atoms with van der Waals surface area (Å²) in [6.07, 6.45) is 3.44. The van der Waals surface area contributed by atoms with E-state index in [1.54, 1.807) is 0 Å². The number of halogens is 1. The summed E-state index contributed by atoms with van der Waals surface area (Å²) >= 11 is 6.19. The second kappa shape index (κ2) is 6.31. The van der Waals surface area contributed by atoms with E-state index in [9.17, 15) is 5.11 Å². The highest BCUT2D eigenvalue weighted by atomic mass is 35.5. The molecule has 1 aromatic rings. The highest BCUT2D eigenvalue weighted by molar-refractivity contribution is 6.30. The summed E-state index contributed by atoms with van der Waals surface area (Å²) < 4.78 is 11.0. The number of piperidine rings is 1. The topological polar surface area (TPSA) is 41.9 Å². The number of hydrogen-bond donors (Lipinski definition) is 1. The third kappa shape index (κ3) is 2.93. The molecule has 110 valence electrons. The number of likely N-dealkylation sites (tertiary alicyclic amines) is 1. The molecule has 0 radical (unpaired) electrons. The van der Waals surface area contributed by atoms with Crippen molar-refractivity contribution in [3.05, 3.63) is 28.3 Å². The van der Waals surface area contributed by atoms with Crippen molar-refractivity contribution in [2.75, 3.05) is 19.9 Å². The summed E-state index contributed by atoms with van der Waals surface area (Å²) in [5.74, 6) is 0.905. The Labute approximate surface area is 124 Å². The Kier molecular flexibility index (Phi) is 4.46. The van der Waals surface area contributed by atoms with Crippen LogP contribution in [0.5, 0.6) is 5.75 Å². The molecule has 1 N–H and O–H groups in total. The van der Waals surface area contributed by atoms with Crippen molar-refractivity contribution >= 4 is 11.6 Å². The largest absolute Gasteiger partial charge is 0.467 e. The fourth-order valence-corrected chi connectivity index (χ4v) is 3.33. The van der Waals surface area contributed by atoms with Gasteiger partial charge in [-0.25, -0.2) is 0 Å². The van der Waals surface area contributed by atoms with E-state index in [4.69, 9.17) is 21.1 Å². The zero-order chi connectivity index (χ0) is 13.9. The van der Waals surface area contributed by atoms with Gasteiger partial charge in [0.25, 0.3) is 0 Å². The first kappa shape index (κ1) is 14.1. The second-order valence-corrected chi connectivity index (χ2v) is 5.90. The molecule has 2 aliphatic rings. The summed E-state index contributed by atoms with van der Waals surface area (Å²) in [6.45, 7) is 2.85. The molecule has 2 heterocycles. The Hall–Kier alpha value is -0.810. The van der Waals surface area contributed by atoms with E-state index in [0.29, 0.717) is 18.4 Å². The van der Waals surface area contributed by atoms with E-state index < -0.39 is 0 Å². The molecule has 0 aromatic heterocycles. The summed E-state index contributed by atoms with van der Waals surface area (Å²) in [5.41, 5.74) is 2.10. The maximum absolute atomic E-state index is 9.51. The minimum atomic E-state index is 0.215. The number of ether oxygens (including phenoxy) is 2. The standard InChI is InChI=1S/C15H20ClNO3/c16-13-5-11(15-12(6-13)9-19-10-20-15)7-17-4-2-1-3-14(17)8-18/h5-6,14,18H,1-4,7-10H2. The fourth-order valence-electron chi connectivity index (χ4n) is 3.07. The molecule has 1 fully saturated rings. The van der Waals surface area contributed by atoms with E-state index in [0.717, 1.165) is 36.4 Å². The second-order valence-electron chi connectivity index (χ2n) is 5.47. The molecule has 1 saturated heterocycles. The van der Waals surface area contributed by atoms with E-state index in [1.165, 1.54) is 12.8 Å². The van der Waals surface area contributed by atoms with Crippen LogP contribution in [0.15, 0.2) is 12.1 Å². The molecule has 1 aromatic carbocycles. The SMILES string of the molecule is OCC1CCCCN1Cc1cc(Cl)cc2c1OCOC2.